The fourth-order valence-corrected chi connectivity index (χ4v) is 1.85. The van der Waals surface area contributed by atoms with E-state index in [1.807, 2.05) is 20.0 Å². The Bertz CT molecular complexity index is 350. The Morgan fingerprint density at radius 3 is 2.88 bits per heavy atom. The second-order valence-corrected chi connectivity index (χ2v) is 4.32. The zero-order valence-corrected chi connectivity index (χ0v) is 9.99. The van der Waals surface area contributed by atoms with Crippen LogP contribution in [0.5, 0.6) is 5.88 Å². The third-order valence-electron chi connectivity index (χ3n) is 3.07. The van der Waals surface area contributed by atoms with Gasteiger partial charge in [0.1, 0.15) is 11.6 Å². The first-order valence-corrected chi connectivity index (χ1v) is 5.94. The van der Waals surface area contributed by atoms with E-state index in [0.29, 0.717) is 5.88 Å². The molecule has 1 N–H and O–H groups in total. The molecule has 0 spiro atoms. The molecule has 0 unspecified atom stereocenters. The highest BCUT2D eigenvalue weighted by atomic mass is 16.5. The molecule has 4 heteroatoms. The molecule has 4 nitrogen and oxygen atoms in total. The first kappa shape index (κ1) is 11.2. The van der Waals surface area contributed by atoms with Gasteiger partial charge in [-0.25, -0.2) is 4.98 Å². The van der Waals surface area contributed by atoms with Crippen molar-refractivity contribution in [2.24, 2.45) is 5.92 Å². The fraction of sp³-hybridized carbons (Fsp3) is 0.667. The molecule has 0 amide bonds. The van der Waals surface area contributed by atoms with Crippen molar-refractivity contribution in [1.82, 2.24) is 9.97 Å². The van der Waals surface area contributed by atoms with Crippen molar-refractivity contribution in [1.29, 1.82) is 0 Å². The van der Waals surface area contributed by atoms with Crippen molar-refractivity contribution < 1.29 is 4.74 Å². The molecule has 0 bridgehead atoms. The number of ether oxygens (including phenoxy) is 1. The summed E-state index contributed by atoms with van der Waals surface area (Å²) in [7, 11) is 1.85. The van der Waals surface area contributed by atoms with Crippen LogP contribution in [0.4, 0.5) is 5.82 Å². The third kappa shape index (κ3) is 2.84. The summed E-state index contributed by atoms with van der Waals surface area (Å²) >= 11 is 0. The zero-order valence-electron chi connectivity index (χ0n) is 9.99. The largest absolute Gasteiger partial charge is 0.478 e. The van der Waals surface area contributed by atoms with E-state index in [9.17, 15) is 0 Å². The van der Waals surface area contributed by atoms with Crippen LogP contribution < -0.4 is 10.1 Å². The topological polar surface area (TPSA) is 47.0 Å². The van der Waals surface area contributed by atoms with Crippen LogP contribution in [0.1, 0.15) is 31.5 Å². The van der Waals surface area contributed by atoms with E-state index in [1.165, 1.54) is 19.3 Å². The standard InChI is InChI=1S/C12H19N3O/c1-9-14-11(13-2)8-12(15-9)16-7-6-10-4-3-5-10/h8,10H,3-7H2,1-2H3,(H,13,14,15). The minimum atomic E-state index is 0.677. The number of aryl methyl sites for hydroxylation is 1. The van der Waals surface area contributed by atoms with Gasteiger partial charge in [0, 0.05) is 13.1 Å². The van der Waals surface area contributed by atoms with E-state index in [4.69, 9.17) is 4.74 Å². The molecule has 1 aromatic rings. The molecule has 88 valence electrons. The fourth-order valence-electron chi connectivity index (χ4n) is 1.85. The lowest BCUT2D eigenvalue weighted by molar-refractivity contribution is 0.217. The summed E-state index contributed by atoms with van der Waals surface area (Å²) < 4.78 is 5.64. The zero-order chi connectivity index (χ0) is 11.4. The molecule has 2 rings (SSSR count). The maximum absolute atomic E-state index is 5.64. The Labute approximate surface area is 96.4 Å². The maximum atomic E-state index is 5.64. The lowest BCUT2D eigenvalue weighted by Gasteiger charge is -2.24. The first-order chi connectivity index (χ1) is 7.78. The first-order valence-electron chi connectivity index (χ1n) is 5.94. The number of aromatic nitrogens is 2. The van der Waals surface area contributed by atoms with Gasteiger partial charge in [0.15, 0.2) is 0 Å². The average molecular weight is 221 g/mol. The van der Waals surface area contributed by atoms with E-state index in [2.05, 4.69) is 15.3 Å². The molecule has 1 aliphatic rings. The minimum absolute atomic E-state index is 0.677. The van der Waals surface area contributed by atoms with Gasteiger partial charge in [-0.1, -0.05) is 19.3 Å². The second kappa shape index (κ2) is 5.14. The lowest BCUT2D eigenvalue weighted by atomic mass is 9.83. The van der Waals surface area contributed by atoms with E-state index < -0.39 is 0 Å². The highest BCUT2D eigenvalue weighted by Crippen LogP contribution is 2.29. The van der Waals surface area contributed by atoms with Crippen molar-refractivity contribution in [3.8, 4) is 5.88 Å². The molecule has 1 saturated carbocycles. The second-order valence-electron chi connectivity index (χ2n) is 4.32. The quantitative estimate of drug-likeness (QED) is 0.829. The molecule has 16 heavy (non-hydrogen) atoms. The van der Waals surface area contributed by atoms with Crippen LogP contribution in [0.15, 0.2) is 6.07 Å². The normalized spacial score (nSPS) is 15.6. The molecule has 0 aliphatic heterocycles. The summed E-state index contributed by atoms with van der Waals surface area (Å²) in [5.74, 6) is 3.11. The number of anilines is 1. The number of nitrogens with one attached hydrogen (secondary N) is 1. The summed E-state index contributed by atoms with van der Waals surface area (Å²) in [6.07, 6.45) is 5.28. The van der Waals surface area contributed by atoms with E-state index >= 15 is 0 Å². The number of rotatable bonds is 5. The van der Waals surface area contributed by atoms with Gasteiger partial charge in [-0.15, -0.1) is 0 Å². The summed E-state index contributed by atoms with van der Waals surface area (Å²) in [4.78, 5) is 8.47. The summed E-state index contributed by atoms with van der Waals surface area (Å²) in [6, 6.07) is 1.84. The Morgan fingerprint density at radius 1 is 1.44 bits per heavy atom. The average Bonchev–Trinajstić information content (AvgIpc) is 2.21. The Kier molecular flexibility index (Phi) is 3.59. The van der Waals surface area contributed by atoms with Gasteiger partial charge >= 0.3 is 0 Å². The number of hydrogen-bond donors (Lipinski definition) is 1. The lowest BCUT2D eigenvalue weighted by Crippen LogP contribution is -2.15. The predicted octanol–water partition coefficient (Wildman–Crippen LogP) is 2.40. The number of nitrogens with zero attached hydrogens (tertiary/aromatic N) is 2. The van der Waals surface area contributed by atoms with Gasteiger partial charge in [0.2, 0.25) is 5.88 Å². The van der Waals surface area contributed by atoms with Crippen molar-refractivity contribution in [2.45, 2.75) is 32.6 Å². The van der Waals surface area contributed by atoms with Crippen LogP contribution in [0.2, 0.25) is 0 Å². The van der Waals surface area contributed by atoms with Crippen molar-refractivity contribution in [3.05, 3.63) is 11.9 Å². The van der Waals surface area contributed by atoms with Crippen LogP contribution in [0.25, 0.3) is 0 Å². The molecule has 1 aromatic heterocycles. The minimum Gasteiger partial charge on any atom is -0.478 e. The van der Waals surface area contributed by atoms with Crippen LogP contribution >= 0.6 is 0 Å². The molecule has 0 saturated heterocycles. The smallest absolute Gasteiger partial charge is 0.218 e. The molecule has 1 heterocycles. The maximum Gasteiger partial charge on any atom is 0.218 e. The molecule has 0 atom stereocenters. The summed E-state index contributed by atoms with van der Waals surface area (Å²) in [6.45, 7) is 2.64. The van der Waals surface area contributed by atoms with Gasteiger partial charge in [-0.05, 0) is 19.3 Å². The highest BCUT2D eigenvalue weighted by molar-refractivity contribution is 5.37. The van der Waals surface area contributed by atoms with Crippen LogP contribution in [0.3, 0.4) is 0 Å². The predicted molar refractivity (Wildman–Crippen MR) is 63.8 cm³/mol. The highest BCUT2D eigenvalue weighted by Gasteiger charge is 2.17. The third-order valence-corrected chi connectivity index (χ3v) is 3.07. The SMILES string of the molecule is CNc1cc(OCCC2CCC2)nc(C)n1. The summed E-state index contributed by atoms with van der Waals surface area (Å²) in [5.41, 5.74) is 0. The van der Waals surface area contributed by atoms with Crippen molar-refractivity contribution >= 4 is 5.82 Å². The molecule has 1 fully saturated rings. The molecule has 1 aliphatic carbocycles. The van der Waals surface area contributed by atoms with Gasteiger partial charge in [-0.3, -0.25) is 0 Å². The van der Waals surface area contributed by atoms with Crippen LogP contribution in [-0.2, 0) is 0 Å². The molecule has 0 aromatic carbocycles. The van der Waals surface area contributed by atoms with E-state index in [1.54, 1.807) is 0 Å². The van der Waals surface area contributed by atoms with Gasteiger partial charge in [-0.2, -0.15) is 4.98 Å². The van der Waals surface area contributed by atoms with Crippen LogP contribution in [-0.4, -0.2) is 23.6 Å². The van der Waals surface area contributed by atoms with Crippen LogP contribution in [0, 0.1) is 12.8 Å². The van der Waals surface area contributed by atoms with E-state index in [-0.39, 0.29) is 0 Å². The summed E-state index contributed by atoms with van der Waals surface area (Å²) in [5, 5.41) is 3.00. The van der Waals surface area contributed by atoms with Gasteiger partial charge in [0.25, 0.3) is 0 Å². The Hall–Kier alpha value is -1.32. The Balaban J connectivity index is 1.84. The number of hydrogen-bond acceptors (Lipinski definition) is 4. The Morgan fingerprint density at radius 2 is 2.25 bits per heavy atom. The van der Waals surface area contributed by atoms with Crippen molar-refractivity contribution in [2.75, 3.05) is 19.0 Å². The van der Waals surface area contributed by atoms with E-state index in [0.717, 1.165) is 30.6 Å². The molecular formula is C12H19N3O. The van der Waals surface area contributed by atoms with Crippen molar-refractivity contribution in [3.63, 3.8) is 0 Å². The molecule has 0 radical (unpaired) electrons. The monoisotopic (exact) mass is 221 g/mol. The van der Waals surface area contributed by atoms with Gasteiger partial charge in [0.05, 0.1) is 6.61 Å². The van der Waals surface area contributed by atoms with Gasteiger partial charge < -0.3 is 10.1 Å². The molecular weight excluding hydrogens is 202 g/mol.